The number of aryl methyl sites for hydroxylation is 1. The Bertz CT molecular complexity index is 809. The largest absolute Gasteiger partial charge is 0.508 e. The van der Waals surface area contributed by atoms with Crippen LogP contribution in [0.2, 0.25) is 0 Å². The van der Waals surface area contributed by atoms with E-state index in [1.54, 1.807) is 30.5 Å². The summed E-state index contributed by atoms with van der Waals surface area (Å²) in [5, 5.41) is 9.26. The average Bonchev–Trinajstić information content (AvgIpc) is 2.65. The maximum atomic E-state index is 12.1. The van der Waals surface area contributed by atoms with Gasteiger partial charge in [0, 0.05) is 25.2 Å². The predicted molar refractivity (Wildman–Crippen MR) is 99.4 cm³/mol. The highest BCUT2D eigenvalue weighted by molar-refractivity contribution is 5.80. The van der Waals surface area contributed by atoms with Crippen LogP contribution in [0.1, 0.15) is 24.0 Å². The molecule has 0 atom stereocenters. The predicted octanol–water partition coefficient (Wildman–Crippen LogP) is 4.59. The molecule has 0 aliphatic heterocycles. The molecule has 0 unspecified atom stereocenters. The molecule has 3 rings (SSSR count). The number of aromatic hydroxyl groups is 1. The third-order valence-corrected chi connectivity index (χ3v) is 4.21. The molecule has 1 heterocycles. The number of phenols is 1. The lowest BCUT2D eigenvalue weighted by molar-refractivity contribution is -0.118. The molecular formula is C22H21NO2. The summed E-state index contributed by atoms with van der Waals surface area (Å²) in [5.41, 5.74) is 4.45. The van der Waals surface area contributed by atoms with E-state index in [1.807, 2.05) is 18.3 Å². The van der Waals surface area contributed by atoms with Crippen LogP contribution in [-0.4, -0.2) is 15.9 Å². The maximum absolute atomic E-state index is 12.1. The molecule has 0 amide bonds. The van der Waals surface area contributed by atoms with Gasteiger partial charge in [-0.2, -0.15) is 0 Å². The van der Waals surface area contributed by atoms with E-state index < -0.39 is 0 Å². The third-order valence-electron chi connectivity index (χ3n) is 4.21. The summed E-state index contributed by atoms with van der Waals surface area (Å²) in [7, 11) is 0. The summed E-state index contributed by atoms with van der Waals surface area (Å²) in [6.45, 7) is 0. The molecule has 126 valence electrons. The van der Waals surface area contributed by atoms with Gasteiger partial charge in [0.25, 0.3) is 0 Å². The lowest BCUT2D eigenvalue weighted by Crippen LogP contribution is -2.03. The van der Waals surface area contributed by atoms with Crippen molar-refractivity contribution in [2.75, 3.05) is 0 Å². The van der Waals surface area contributed by atoms with E-state index in [2.05, 4.69) is 29.2 Å². The first kappa shape index (κ1) is 16.9. The molecule has 0 saturated heterocycles. The van der Waals surface area contributed by atoms with Crippen molar-refractivity contribution in [3.8, 4) is 16.9 Å². The van der Waals surface area contributed by atoms with Gasteiger partial charge in [0.2, 0.25) is 0 Å². The normalized spacial score (nSPS) is 10.6. The zero-order chi connectivity index (χ0) is 17.5. The van der Waals surface area contributed by atoms with E-state index in [1.165, 1.54) is 5.56 Å². The van der Waals surface area contributed by atoms with Crippen LogP contribution >= 0.6 is 0 Å². The number of aromatic nitrogens is 1. The summed E-state index contributed by atoms with van der Waals surface area (Å²) in [4.78, 5) is 16.2. The van der Waals surface area contributed by atoms with Crippen LogP contribution in [-0.2, 0) is 17.6 Å². The van der Waals surface area contributed by atoms with E-state index >= 15 is 0 Å². The molecule has 0 fully saturated rings. The first-order valence-corrected chi connectivity index (χ1v) is 8.50. The third kappa shape index (κ3) is 5.01. The van der Waals surface area contributed by atoms with Crippen molar-refractivity contribution in [1.82, 2.24) is 4.98 Å². The number of hydrogen-bond donors (Lipinski definition) is 1. The molecule has 0 aliphatic carbocycles. The molecule has 1 N–H and O–H groups in total. The summed E-state index contributed by atoms with van der Waals surface area (Å²) >= 11 is 0. The Morgan fingerprint density at radius 1 is 0.880 bits per heavy atom. The molecule has 0 bridgehead atoms. The summed E-state index contributed by atoms with van der Waals surface area (Å²) < 4.78 is 0. The lowest BCUT2D eigenvalue weighted by atomic mass is 10.0. The Morgan fingerprint density at radius 2 is 1.60 bits per heavy atom. The van der Waals surface area contributed by atoms with Gasteiger partial charge in [-0.05, 0) is 53.3 Å². The molecule has 2 aromatic carbocycles. The number of rotatable bonds is 7. The molecule has 0 radical (unpaired) electrons. The first-order valence-electron chi connectivity index (χ1n) is 8.50. The Labute approximate surface area is 148 Å². The second-order valence-electron chi connectivity index (χ2n) is 6.17. The van der Waals surface area contributed by atoms with E-state index in [-0.39, 0.29) is 11.5 Å². The fraction of sp³-hybridized carbons (Fsp3) is 0.182. The fourth-order valence-electron chi connectivity index (χ4n) is 2.82. The number of ketones is 1. The Hall–Kier alpha value is -2.94. The molecule has 0 saturated carbocycles. The molecule has 3 aromatic rings. The lowest BCUT2D eigenvalue weighted by Gasteiger charge is -2.05. The van der Waals surface area contributed by atoms with E-state index in [0.29, 0.717) is 12.8 Å². The topological polar surface area (TPSA) is 50.2 Å². The number of pyridine rings is 1. The van der Waals surface area contributed by atoms with Crippen molar-refractivity contribution in [2.24, 2.45) is 0 Å². The highest BCUT2D eigenvalue weighted by atomic mass is 16.3. The molecule has 3 nitrogen and oxygen atoms in total. The number of hydrogen-bond acceptors (Lipinski definition) is 3. The Balaban J connectivity index is 1.47. The van der Waals surface area contributed by atoms with Gasteiger partial charge in [-0.15, -0.1) is 0 Å². The zero-order valence-electron chi connectivity index (χ0n) is 14.1. The van der Waals surface area contributed by atoms with Crippen LogP contribution in [0.15, 0.2) is 73.1 Å². The zero-order valence-corrected chi connectivity index (χ0v) is 14.1. The van der Waals surface area contributed by atoms with Crippen molar-refractivity contribution in [3.63, 3.8) is 0 Å². The number of Topliss-reactive ketones (excluding diaryl/α,β-unsaturated/α-hetero) is 1. The number of carbonyl (C=O) groups excluding carboxylic acids is 1. The minimum Gasteiger partial charge on any atom is -0.508 e. The van der Waals surface area contributed by atoms with Gasteiger partial charge < -0.3 is 5.11 Å². The smallest absolute Gasteiger partial charge is 0.137 e. The molecule has 25 heavy (non-hydrogen) atoms. The molecule has 0 spiro atoms. The number of carbonyl (C=O) groups is 1. The van der Waals surface area contributed by atoms with Gasteiger partial charge in [-0.3, -0.25) is 9.78 Å². The first-order chi connectivity index (χ1) is 12.2. The van der Waals surface area contributed by atoms with Gasteiger partial charge in [0.1, 0.15) is 11.5 Å². The van der Waals surface area contributed by atoms with Crippen LogP contribution in [0.5, 0.6) is 5.75 Å². The molecular weight excluding hydrogens is 310 g/mol. The highest BCUT2D eigenvalue weighted by Gasteiger charge is 2.05. The van der Waals surface area contributed by atoms with Crippen LogP contribution < -0.4 is 0 Å². The maximum Gasteiger partial charge on any atom is 0.137 e. The van der Waals surface area contributed by atoms with Crippen LogP contribution in [0.3, 0.4) is 0 Å². The Kier molecular flexibility index (Phi) is 5.57. The number of benzene rings is 2. The van der Waals surface area contributed by atoms with Crippen molar-refractivity contribution >= 4 is 5.78 Å². The second kappa shape index (κ2) is 8.25. The Morgan fingerprint density at radius 3 is 2.28 bits per heavy atom. The van der Waals surface area contributed by atoms with Gasteiger partial charge in [-0.1, -0.05) is 42.5 Å². The van der Waals surface area contributed by atoms with Gasteiger partial charge >= 0.3 is 0 Å². The van der Waals surface area contributed by atoms with Crippen LogP contribution in [0.4, 0.5) is 0 Å². The van der Waals surface area contributed by atoms with Crippen molar-refractivity contribution in [2.45, 2.75) is 25.7 Å². The minimum absolute atomic E-state index is 0.228. The monoisotopic (exact) mass is 331 g/mol. The van der Waals surface area contributed by atoms with Gasteiger partial charge in [-0.25, -0.2) is 0 Å². The summed E-state index contributed by atoms with van der Waals surface area (Å²) in [5.74, 6) is 0.462. The van der Waals surface area contributed by atoms with Gasteiger partial charge in [0.15, 0.2) is 0 Å². The van der Waals surface area contributed by atoms with Crippen LogP contribution in [0.25, 0.3) is 11.1 Å². The summed E-state index contributed by atoms with van der Waals surface area (Å²) in [6, 6.07) is 19.2. The summed E-state index contributed by atoms with van der Waals surface area (Å²) in [6.07, 6.45) is 6.38. The molecule has 0 aliphatic rings. The SMILES string of the molecule is O=C(CCCc1ccc(-c2cccnc2)cc1)Cc1ccc(O)cc1. The highest BCUT2D eigenvalue weighted by Crippen LogP contribution is 2.19. The fourth-order valence-corrected chi connectivity index (χ4v) is 2.82. The van der Waals surface area contributed by atoms with E-state index in [9.17, 15) is 9.90 Å². The molecule has 3 heteroatoms. The second-order valence-corrected chi connectivity index (χ2v) is 6.17. The van der Waals surface area contributed by atoms with E-state index in [0.717, 1.165) is 29.5 Å². The van der Waals surface area contributed by atoms with Crippen molar-refractivity contribution in [3.05, 3.63) is 84.2 Å². The molecule has 1 aromatic heterocycles. The number of nitrogens with zero attached hydrogens (tertiary/aromatic N) is 1. The number of phenolic OH excluding ortho intramolecular Hbond substituents is 1. The van der Waals surface area contributed by atoms with Crippen molar-refractivity contribution in [1.29, 1.82) is 0 Å². The van der Waals surface area contributed by atoms with Crippen LogP contribution in [0, 0.1) is 0 Å². The quantitative estimate of drug-likeness (QED) is 0.689. The average molecular weight is 331 g/mol. The minimum atomic E-state index is 0.228. The van der Waals surface area contributed by atoms with Gasteiger partial charge in [0.05, 0.1) is 0 Å². The van der Waals surface area contributed by atoms with Crippen molar-refractivity contribution < 1.29 is 9.90 Å². The standard InChI is InChI=1S/C22H21NO2/c24-21-12-8-18(9-13-21)15-22(25)5-1-3-17-6-10-19(11-7-17)20-4-2-14-23-16-20/h2,4,6-14,16,24H,1,3,5,15H2. The van der Waals surface area contributed by atoms with E-state index in [4.69, 9.17) is 0 Å².